The van der Waals surface area contributed by atoms with Crippen molar-refractivity contribution < 1.29 is 9.59 Å². The number of piperidine rings is 1. The first-order chi connectivity index (χ1) is 12.0. The second kappa shape index (κ2) is 5.94. The molecule has 3 aliphatic heterocycles. The molecule has 1 aromatic carbocycles. The van der Waals surface area contributed by atoms with Crippen LogP contribution in [0.2, 0.25) is 0 Å². The lowest BCUT2D eigenvalue weighted by Gasteiger charge is -2.32. The van der Waals surface area contributed by atoms with E-state index in [4.69, 9.17) is 0 Å². The summed E-state index contributed by atoms with van der Waals surface area (Å²) in [5, 5.41) is 11.9. The number of rotatable bonds is 2. The zero-order valence-electron chi connectivity index (χ0n) is 14.3. The molecule has 0 N–H and O–H groups in total. The van der Waals surface area contributed by atoms with Crippen LogP contribution in [0.4, 0.5) is 0 Å². The van der Waals surface area contributed by atoms with Crippen LogP contribution in [0.1, 0.15) is 23.2 Å². The number of aryl methyl sites for hydroxylation is 1. The number of nitrogens with zero attached hydrogens (tertiary/aromatic N) is 6. The fourth-order valence-electron chi connectivity index (χ4n) is 3.67. The molecule has 4 heterocycles. The van der Waals surface area contributed by atoms with Crippen molar-refractivity contribution in [1.82, 2.24) is 30.0 Å². The molecular formula is C17H20N6O2. The van der Waals surface area contributed by atoms with Crippen molar-refractivity contribution in [3.63, 3.8) is 0 Å². The van der Waals surface area contributed by atoms with E-state index in [1.807, 2.05) is 29.0 Å². The lowest BCUT2D eigenvalue weighted by atomic mass is 9.95. The summed E-state index contributed by atoms with van der Waals surface area (Å²) in [6.45, 7) is 1.11. The Labute approximate surface area is 145 Å². The minimum atomic E-state index is -0.0734. The maximum absolute atomic E-state index is 12.9. The highest BCUT2D eigenvalue weighted by atomic mass is 16.2. The predicted molar refractivity (Wildman–Crippen MR) is 89.4 cm³/mol. The summed E-state index contributed by atoms with van der Waals surface area (Å²) in [6, 6.07) is 7.35. The number of carbonyl (C=O) groups is 2. The molecule has 1 aromatic heterocycles. The Balaban J connectivity index is 1.54. The number of hydrogen-bond donors (Lipinski definition) is 0. The van der Waals surface area contributed by atoms with E-state index in [0.29, 0.717) is 24.5 Å². The third kappa shape index (κ3) is 2.77. The molecule has 0 unspecified atom stereocenters. The lowest BCUT2D eigenvalue weighted by molar-refractivity contribution is -0.138. The quantitative estimate of drug-likeness (QED) is 0.798. The van der Waals surface area contributed by atoms with Gasteiger partial charge in [0.15, 0.2) is 0 Å². The minimum Gasteiger partial charge on any atom is -0.341 e. The van der Waals surface area contributed by atoms with E-state index >= 15 is 0 Å². The largest absolute Gasteiger partial charge is 0.341 e. The molecule has 0 radical (unpaired) electrons. The Morgan fingerprint density at radius 2 is 1.88 bits per heavy atom. The topological polar surface area (TPSA) is 84.2 Å². The first-order valence-corrected chi connectivity index (χ1v) is 8.43. The van der Waals surface area contributed by atoms with Gasteiger partial charge in [-0.25, -0.2) is 0 Å². The van der Waals surface area contributed by atoms with Crippen molar-refractivity contribution in [2.24, 2.45) is 13.0 Å². The Morgan fingerprint density at radius 1 is 1.12 bits per heavy atom. The van der Waals surface area contributed by atoms with Crippen molar-refractivity contribution in [3.05, 3.63) is 29.8 Å². The van der Waals surface area contributed by atoms with Crippen LogP contribution in [0.5, 0.6) is 0 Å². The van der Waals surface area contributed by atoms with Crippen molar-refractivity contribution in [1.29, 1.82) is 0 Å². The first kappa shape index (κ1) is 15.7. The van der Waals surface area contributed by atoms with Crippen LogP contribution in [0.3, 0.4) is 0 Å². The zero-order chi connectivity index (χ0) is 17.6. The van der Waals surface area contributed by atoms with Crippen LogP contribution in [0.15, 0.2) is 24.3 Å². The smallest absolute Gasteiger partial charge is 0.253 e. The summed E-state index contributed by atoms with van der Waals surface area (Å²) >= 11 is 0. The van der Waals surface area contributed by atoms with Gasteiger partial charge in [0.05, 0.1) is 13.0 Å². The van der Waals surface area contributed by atoms with Gasteiger partial charge in [0, 0.05) is 37.3 Å². The van der Waals surface area contributed by atoms with Crippen LogP contribution in [-0.4, -0.2) is 68.0 Å². The van der Waals surface area contributed by atoms with Crippen LogP contribution >= 0.6 is 0 Å². The Kier molecular flexibility index (Phi) is 3.74. The van der Waals surface area contributed by atoms with Crippen LogP contribution in [0.25, 0.3) is 11.4 Å². The average molecular weight is 340 g/mol. The third-order valence-electron chi connectivity index (χ3n) is 5.15. The molecule has 0 aliphatic carbocycles. The van der Waals surface area contributed by atoms with E-state index in [-0.39, 0.29) is 23.8 Å². The summed E-state index contributed by atoms with van der Waals surface area (Å²) in [6.07, 6.45) is 1.84. The van der Waals surface area contributed by atoms with Gasteiger partial charge in [-0.2, -0.15) is 4.80 Å². The number of carbonyl (C=O) groups excluding carboxylic acids is 2. The molecule has 2 bridgehead atoms. The van der Waals surface area contributed by atoms with E-state index in [1.165, 1.54) is 4.80 Å². The predicted octanol–water partition coefficient (Wildman–Crippen LogP) is 0.570. The molecule has 5 rings (SSSR count). The summed E-state index contributed by atoms with van der Waals surface area (Å²) in [5.41, 5.74) is 1.43. The Bertz CT molecular complexity index is 815. The monoisotopic (exact) mass is 340 g/mol. The maximum atomic E-state index is 12.9. The highest BCUT2D eigenvalue weighted by Crippen LogP contribution is 2.29. The molecule has 2 amide bonds. The molecule has 2 aromatic rings. The van der Waals surface area contributed by atoms with Crippen LogP contribution in [-0.2, 0) is 11.8 Å². The van der Waals surface area contributed by atoms with Crippen LogP contribution < -0.4 is 0 Å². The van der Waals surface area contributed by atoms with E-state index in [0.717, 1.165) is 18.4 Å². The highest BCUT2D eigenvalue weighted by molar-refractivity contribution is 5.95. The van der Waals surface area contributed by atoms with Gasteiger partial charge in [0.2, 0.25) is 11.7 Å². The Morgan fingerprint density at radius 3 is 2.56 bits per heavy atom. The summed E-state index contributed by atoms with van der Waals surface area (Å²) in [5.74, 6) is 0.589. The summed E-state index contributed by atoms with van der Waals surface area (Å²) in [4.78, 5) is 30.2. The number of aromatic nitrogens is 4. The standard InChI is InChI=1S/C17H20N6O2/c1-21-14-8-7-13(16(21)24)9-23(10-14)17(25)12-5-3-11(4-6-12)15-18-20-22(2)19-15/h3-6,13-14H,7-10H2,1-2H3/t13-,14+/m0/s1. The molecule has 0 spiro atoms. The molecule has 0 saturated carbocycles. The number of benzene rings is 1. The Hall–Kier alpha value is -2.77. The number of amides is 2. The molecule has 3 saturated heterocycles. The number of hydrogen-bond acceptors (Lipinski definition) is 5. The van der Waals surface area contributed by atoms with E-state index in [1.54, 1.807) is 19.2 Å². The van der Waals surface area contributed by atoms with Gasteiger partial charge in [-0.15, -0.1) is 10.2 Å². The number of tetrazole rings is 1. The third-order valence-corrected chi connectivity index (χ3v) is 5.15. The van der Waals surface area contributed by atoms with Crippen molar-refractivity contribution in [3.8, 4) is 11.4 Å². The SMILES string of the molecule is CN1C(=O)[C@H]2CC[C@@H]1CN(C(=O)c1ccc(-c3nnn(C)n3)cc1)C2. The van der Waals surface area contributed by atoms with E-state index in [2.05, 4.69) is 15.4 Å². The molecule has 25 heavy (non-hydrogen) atoms. The van der Waals surface area contributed by atoms with Crippen molar-refractivity contribution in [2.45, 2.75) is 18.9 Å². The second-order valence-corrected chi connectivity index (χ2v) is 6.77. The van der Waals surface area contributed by atoms with Gasteiger partial charge in [0.25, 0.3) is 5.91 Å². The van der Waals surface area contributed by atoms with Gasteiger partial charge >= 0.3 is 0 Å². The average Bonchev–Trinajstić information content (AvgIpc) is 2.88. The molecule has 8 heteroatoms. The molecule has 8 nitrogen and oxygen atoms in total. The molecule has 3 aliphatic rings. The van der Waals surface area contributed by atoms with Gasteiger partial charge < -0.3 is 9.80 Å². The molecule has 3 fully saturated rings. The number of likely N-dealkylation sites (N-methyl/N-ethyl adjacent to an activating group) is 1. The number of fused-ring (bicyclic) bond motifs is 4. The summed E-state index contributed by atoms with van der Waals surface area (Å²) < 4.78 is 0. The normalized spacial score (nSPS) is 23.0. The fourth-order valence-corrected chi connectivity index (χ4v) is 3.67. The second-order valence-electron chi connectivity index (χ2n) is 6.77. The maximum Gasteiger partial charge on any atom is 0.253 e. The van der Waals surface area contributed by atoms with Gasteiger partial charge in [-0.05, 0) is 30.2 Å². The highest BCUT2D eigenvalue weighted by Gasteiger charge is 2.40. The van der Waals surface area contributed by atoms with E-state index < -0.39 is 0 Å². The zero-order valence-corrected chi connectivity index (χ0v) is 14.3. The van der Waals surface area contributed by atoms with Gasteiger partial charge in [-0.1, -0.05) is 12.1 Å². The molecular weight excluding hydrogens is 320 g/mol. The van der Waals surface area contributed by atoms with Gasteiger partial charge in [-0.3, -0.25) is 9.59 Å². The summed E-state index contributed by atoms with van der Waals surface area (Å²) in [7, 11) is 3.55. The molecule has 2 atom stereocenters. The van der Waals surface area contributed by atoms with Crippen molar-refractivity contribution in [2.75, 3.05) is 20.1 Å². The van der Waals surface area contributed by atoms with Gasteiger partial charge in [0.1, 0.15) is 0 Å². The van der Waals surface area contributed by atoms with Crippen molar-refractivity contribution >= 4 is 11.8 Å². The minimum absolute atomic E-state index is 0.0290. The molecule has 130 valence electrons. The first-order valence-electron chi connectivity index (χ1n) is 8.43. The lowest BCUT2D eigenvalue weighted by Crippen LogP contribution is -2.45. The van der Waals surface area contributed by atoms with E-state index in [9.17, 15) is 9.59 Å². The fraction of sp³-hybridized carbons (Fsp3) is 0.471. The van der Waals surface area contributed by atoms with Crippen LogP contribution in [0, 0.1) is 5.92 Å².